The Morgan fingerprint density at radius 1 is 0.411 bits per heavy atom. The van der Waals surface area contributed by atoms with Crippen molar-refractivity contribution in [3.63, 3.8) is 0 Å². The zero-order valence-electron chi connectivity index (χ0n) is 30.1. The number of aromatic nitrogens is 3. The van der Waals surface area contributed by atoms with Crippen LogP contribution in [0.2, 0.25) is 0 Å². The number of nitrogens with zero attached hydrogens (tertiary/aromatic N) is 3. The first kappa shape index (κ1) is 30.9. The molecule has 0 saturated carbocycles. The molecule has 12 aromatic rings. The van der Waals surface area contributed by atoms with Gasteiger partial charge in [-0.3, -0.25) is 0 Å². The van der Waals surface area contributed by atoms with Crippen molar-refractivity contribution in [3.05, 3.63) is 188 Å². The smallest absolute Gasteiger partial charge is 0.160 e. The lowest BCUT2D eigenvalue weighted by atomic mass is 9.97. The number of hydrogen-bond donors (Lipinski definition) is 0. The lowest BCUT2D eigenvalue weighted by Crippen LogP contribution is -1.96. The van der Waals surface area contributed by atoms with Crippen LogP contribution in [0.4, 0.5) is 0 Å². The Kier molecular flexibility index (Phi) is 6.60. The Morgan fingerprint density at radius 2 is 1.09 bits per heavy atom. The molecule has 0 N–H and O–H groups in total. The summed E-state index contributed by atoms with van der Waals surface area (Å²) in [5, 5.41) is 10.1. The number of hydrogen-bond acceptors (Lipinski definition) is 3. The number of rotatable bonds is 4. The molecule has 260 valence electrons. The monoisotopic (exact) mass is 713 g/mol. The van der Waals surface area contributed by atoms with Crippen molar-refractivity contribution in [1.29, 1.82) is 0 Å². The molecule has 0 saturated heterocycles. The SMILES string of the molecule is c1ccc(-n2c3ccccc3c3cc(-c4cccc(-c5nc(-c6cccc7ccccc67)c6ccc7oc8c9ccccc9ccc8c7c6n5)c4)ccc32)cc1. The Labute approximate surface area is 321 Å². The van der Waals surface area contributed by atoms with Gasteiger partial charge in [-0.2, -0.15) is 0 Å². The molecular weight excluding hydrogens is 683 g/mol. The Hall–Kier alpha value is -7.56. The first-order valence-electron chi connectivity index (χ1n) is 19.0. The molecule has 3 aromatic heterocycles. The van der Waals surface area contributed by atoms with E-state index in [2.05, 4.69) is 193 Å². The fourth-order valence-corrected chi connectivity index (χ4v) is 8.79. The third kappa shape index (κ3) is 4.60. The normalized spacial score (nSPS) is 11.9. The van der Waals surface area contributed by atoms with Gasteiger partial charge >= 0.3 is 0 Å². The molecule has 56 heavy (non-hydrogen) atoms. The lowest BCUT2D eigenvalue weighted by Gasteiger charge is -2.13. The van der Waals surface area contributed by atoms with Crippen LogP contribution in [-0.4, -0.2) is 14.5 Å². The highest BCUT2D eigenvalue weighted by molar-refractivity contribution is 6.24. The molecule has 4 nitrogen and oxygen atoms in total. The van der Waals surface area contributed by atoms with E-state index in [0.717, 1.165) is 82.6 Å². The molecule has 0 atom stereocenters. The maximum atomic E-state index is 6.65. The molecule has 0 radical (unpaired) electrons. The summed E-state index contributed by atoms with van der Waals surface area (Å²) in [6, 6.07) is 66.6. The Morgan fingerprint density at radius 3 is 1.98 bits per heavy atom. The molecule has 12 rings (SSSR count). The largest absolute Gasteiger partial charge is 0.455 e. The second kappa shape index (κ2) is 12.0. The summed E-state index contributed by atoms with van der Waals surface area (Å²) in [6.07, 6.45) is 0. The van der Waals surface area contributed by atoms with E-state index in [-0.39, 0.29) is 0 Å². The van der Waals surface area contributed by atoms with Gasteiger partial charge in [0, 0.05) is 43.7 Å². The highest BCUT2D eigenvalue weighted by Gasteiger charge is 2.20. The standard InChI is InChI=1S/C52H31N3O/c1-2-17-37(18-3-1)55-45-23-9-8-21-40(45)44-31-35(25-28-46(44)55)34-15-10-16-36(30-34)52-53-49(41-22-11-14-32-12-4-6-19-38(32)41)43-27-29-47-48(50(43)54-52)42-26-24-33-13-5-7-20-39(33)51(42)56-47/h1-31H. The zero-order chi connectivity index (χ0) is 36.7. The highest BCUT2D eigenvalue weighted by Crippen LogP contribution is 2.42. The topological polar surface area (TPSA) is 43.9 Å². The van der Waals surface area contributed by atoms with E-state index in [1.165, 1.54) is 27.2 Å². The minimum absolute atomic E-state index is 0.673. The van der Waals surface area contributed by atoms with Crippen LogP contribution in [0.3, 0.4) is 0 Å². The molecular formula is C52H31N3O. The van der Waals surface area contributed by atoms with Gasteiger partial charge in [0.05, 0.1) is 27.6 Å². The van der Waals surface area contributed by atoms with Crippen LogP contribution >= 0.6 is 0 Å². The second-order valence-corrected chi connectivity index (χ2v) is 14.5. The third-order valence-corrected chi connectivity index (χ3v) is 11.4. The number of fused-ring (bicyclic) bond motifs is 11. The molecule has 0 unspecified atom stereocenters. The summed E-state index contributed by atoms with van der Waals surface area (Å²) < 4.78 is 9.00. The fourth-order valence-electron chi connectivity index (χ4n) is 8.79. The van der Waals surface area contributed by atoms with E-state index in [4.69, 9.17) is 14.4 Å². The quantitative estimate of drug-likeness (QED) is 0.182. The summed E-state index contributed by atoms with van der Waals surface area (Å²) in [6.45, 7) is 0. The van der Waals surface area contributed by atoms with Crippen molar-refractivity contribution >= 4 is 76.2 Å². The Balaban J connectivity index is 1.09. The van der Waals surface area contributed by atoms with E-state index in [9.17, 15) is 0 Å². The van der Waals surface area contributed by atoms with Crippen LogP contribution < -0.4 is 0 Å². The van der Waals surface area contributed by atoms with Crippen molar-refractivity contribution in [1.82, 2.24) is 14.5 Å². The van der Waals surface area contributed by atoms with Crippen LogP contribution in [0.1, 0.15) is 0 Å². The molecule has 0 aliphatic heterocycles. The zero-order valence-corrected chi connectivity index (χ0v) is 30.1. The molecule has 0 bridgehead atoms. The molecule has 0 fully saturated rings. The fraction of sp³-hybridized carbons (Fsp3) is 0. The molecule has 3 heterocycles. The molecule has 0 aliphatic rings. The minimum atomic E-state index is 0.673. The van der Waals surface area contributed by atoms with Gasteiger partial charge in [0.25, 0.3) is 0 Å². The van der Waals surface area contributed by atoms with Crippen molar-refractivity contribution < 1.29 is 4.42 Å². The van der Waals surface area contributed by atoms with Crippen LogP contribution in [0.15, 0.2) is 192 Å². The summed E-state index contributed by atoms with van der Waals surface area (Å²) >= 11 is 0. The van der Waals surface area contributed by atoms with Crippen LogP contribution in [0, 0.1) is 0 Å². The predicted octanol–water partition coefficient (Wildman–Crippen LogP) is 13.9. The Bertz CT molecular complexity index is 3540. The maximum Gasteiger partial charge on any atom is 0.160 e. The van der Waals surface area contributed by atoms with Crippen LogP contribution in [0.25, 0.3) is 116 Å². The molecule has 0 spiro atoms. The third-order valence-electron chi connectivity index (χ3n) is 11.4. The van der Waals surface area contributed by atoms with Gasteiger partial charge < -0.3 is 8.98 Å². The summed E-state index contributed by atoms with van der Waals surface area (Å²) in [7, 11) is 0. The second-order valence-electron chi connectivity index (χ2n) is 14.5. The van der Waals surface area contributed by atoms with Crippen molar-refractivity contribution in [2.75, 3.05) is 0 Å². The average molecular weight is 714 g/mol. The minimum Gasteiger partial charge on any atom is -0.455 e. The summed E-state index contributed by atoms with van der Waals surface area (Å²) in [4.78, 5) is 10.9. The van der Waals surface area contributed by atoms with Gasteiger partial charge in [-0.25, -0.2) is 9.97 Å². The molecule has 0 aliphatic carbocycles. The van der Waals surface area contributed by atoms with Gasteiger partial charge in [0.1, 0.15) is 11.2 Å². The first-order valence-corrected chi connectivity index (χ1v) is 19.0. The number of para-hydroxylation sites is 2. The molecule has 4 heteroatoms. The maximum absolute atomic E-state index is 6.65. The summed E-state index contributed by atoms with van der Waals surface area (Å²) in [5.41, 5.74) is 11.3. The molecule has 9 aromatic carbocycles. The van der Waals surface area contributed by atoms with E-state index in [0.29, 0.717) is 5.82 Å². The summed E-state index contributed by atoms with van der Waals surface area (Å²) in [5.74, 6) is 0.673. The van der Waals surface area contributed by atoms with Crippen molar-refractivity contribution in [2.24, 2.45) is 0 Å². The lowest BCUT2D eigenvalue weighted by molar-refractivity contribution is 0.673. The predicted molar refractivity (Wildman–Crippen MR) is 232 cm³/mol. The van der Waals surface area contributed by atoms with E-state index < -0.39 is 0 Å². The van der Waals surface area contributed by atoms with Crippen molar-refractivity contribution in [3.8, 4) is 39.5 Å². The van der Waals surface area contributed by atoms with Gasteiger partial charge in [0.2, 0.25) is 0 Å². The van der Waals surface area contributed by atoms with Gasteiger partial charge in [0.15, 0.2) is 5.82 Å². The first-order chi connectivity index (χ1) is 27.8. The van der Waals surface area contributed by atoms with Gasteiger partial charge in [-0.15, -0.1) is 0 Å². The van der Waals surface area contributed by atoms with Gasteiger partial charge in [-0.05, 0) is 81.9 Å². The molecule has 0 amide bonds. The van der Waals surface area contributed by atoms with Crippen LogP contribution in [-0.2, 0) is 0 Å². The van der Waals surface area contributed by atoms with E-state index >= 15 is 0 Å². The number of benzene rings is 9. The van der Waals surface area contributed by atoms with Crippen LogP contribution in [0.5, 0.6) is 0 Å². The highest BCUT2D eigenvalue weighted by atomic mass is 16.3. The van der Waals surface area contributed by atoms with E-state index in [1.54, 1.807) is 0 Å². The number of furan rings is 1. The average Bonchev–Trinajstić information content (AvgIpc) is 3.82. The van der Waals surface area contributed by atoms with Gasteiger partial charge in [-0.1, -0.05) is 133 Å². The van der Waals surface area contributed by atoms with Crippen molar-refractivity contribution in [2.45, 2.75) is 0 Å². The van der Waals surface area contributed by atoms with E-state index in [1.807, 2.05) is 0 Å².